The van der Waals surface area contributed by atoms with E-state index in [9.17, 15) is 29.7 Å². The number of Topliss-reactive ketones (excluding diaryl/α,β-unsaturated/α-hetero) is 1. The zero-order chi connectivity index (χ0) is 23.1. The van der Waals surface area contributed by atoms with Gasteiger partial charge < -0.3 is 24.8 Å². The molecule has 4 aliphatic carbocycles. The molecule has 0 unspecified atom stereocenters. The van der Waals surface area contributed by atoms with Gasteiger partial charge >= 0.3 is 5.97 Å². The Balaban J connectivity index is 1.97. The van der Waals surface area contributed by atoms with Crippen LogP contribution in [0.25, 0.3) is 0 Å². The molecule has 8 atom stereocenters. The first kappa shape index (κ1) is 22.2. The smallest absolute Gasteiger partial charge is 0.303 e. The van der Waals surface area contributed by atoms with Crippen molar-refractivity contribution >= 4 is 18.2 Å². The second-order valence-corrected chi connectivity index (χ2v) is 10.2. The number of esters is 1. The van der Waals surface area contributed by atoms with Gasteiger partial charge in [-0.25, -0.2) is 0 Å². The number of hydrogen-bond acceptors (Lipinski definition) is 8. The van der Waals surface area contributed by atoms with E-state index in [-0.39, 0.29) is 19.5 Å². The van der Waals surface area contributed by atoms with E-state index in [1.54, 1.807) is 26.0 Å². The minimum atomic E-state index is -1.91. The number of ketones is 1. The number of rotatable bonds is 4. The Morgan fingerprint density at radius 3 is 2.48 bits per heavy atom. The maximum atomic E-state index is 12.9. The highest BCUT2D eigenvalue weighted by atomic mass is 16.6. The summed E-state index contributed by atoms with van der Waals surface area (Å²) in [6, 6.07) is 0. The summed E-state index contributed by atoms with van der Waals surface area (Å²) in [7, 11) is 0. The van der Waals surface area contributed by atoms with E-state index < -0.39 is 63.7 Å². The van der Waals surface area contributed by atoms with E-state index in [2.05, 4.69) is 0 Å². The summed E-state index contributed by atoms with van der Waals surface area (Å²) < 4.78 is 11.3. The van der Waals surface area contributed by atoms with Crippen molar-refractivity contribution in [2.45, 2.75) is 63.9 Å². The van der Waals surface area contributed by atoms with Crippen molar-refractivity contribution in [3.8, 4) is 0 Å². The van der Waals surface area contributed by atoms with Crippen LogP contribution in [0.15, 0.2) is 23.3 Å². The number of ether oxygens (including phenoxy) is 2. The molecule has 0 heterocycles. The maximum absolute atomic E-state index is 12.9. The molecule has 0 aromatic rings. The Morgan fingerprint density at radius 2 is 1.94 bits per heavy atom. The molecule has 8 nitrogen and oxygen atoms in total. The third kappa shape index (κ3) is 2.44. The van der Waals surface area contributed by atoms with Gasteiger partial charge in [0.25, 0.3) is 6.47 Å². The highest BCUT2D eigenvalue weighted by molar-refractivity contribution is 6.04. The van der Waals surface area contributed by atoms with Crippen LogP contribution >= 0.6 is 0 Å². The van der Waals surface area contributed by atoms with E-state index in [4.69, 9.17) is 9.47 Å². The predicted molar refractivity (Wildman–Crippen MR) is 107 cm³/mol. The molecule has 4 aliphatic rings. The lowest BCUT2D eigenvalue weighted by Crippen LogP contribution is -2.66. The zero-order valence-electron chi connectivity index (χ0n) is 18.4. The van der Waals surface area contributed by atoms with Crippen LogP contribution in [0.4, 0.5) is 0 Å². The summed E-state index contributed by atoms with van der Waals surface area (Å²) >= 11 is 0. The van der Waals surface area contributed by atoms with Crippen LogP contribution in [0.3, 0.4) is 0 Å². The van der Waals surface area contributed by atoms with Crippen LogP contribution in [-0.4, -0.2) is 63.1 Å². The van der Waals surface area contributed by atoms with Gasteiger partial charge in [0.1, 0.15) is 11.7 Å². The average molecular weight is 434 g/mol. The van der Waals surface area contributed by atoms with Gasteiger partial charge in [-0.15, -0.1) is 0 Å². The molecule has 4 rings (SSSR count). The Labute approximate surface area is 180 Å². The van der Waals surface area contributed by atoms with Gasteiger partial charge in [-0.1, -0.05) is 32.9 Å². The van der Waals surface area contributed by atoms with Crippen molar-refractivity contribution in [1.29, 1.82) is 0 Å². The summed E-state index contributed by atoms with van der Waals surface area (Å²) in [6.07, 6.45) is 2.22. The van der Waals surface area contributed by atoms with Crippen molar-refractivity contribution in [2.24, 2.45) is 29.1 Å². The first-order chi connectivity index (χ1) is 14.3. The predicted octanol–water partition coefficient (Wildman–Crippen LogP) is 0.682. The van der Waals surface area contributed by atoms with Crippen molar-refractivity contribution < 1.29 is 39.2 Å². The van der Waals surface area contributed by atoms with Gasteiger partial charge in [0.05, 0.1) is 12.2 Å². The Hall–Kier alpha value is -2.03. The molecule has 0 aliphatic heterocycles. The van der Waals surface area contributed by atoms with Crippen LogP contribution in [0.1, 0.15) is 41.0 Å². The van der Waals surface area contributed by atoms with Crippen LogP contribution in [0.5, 0.6) is 0 Å². The molecule has 31 heavy (non-hydrogen) atoms. The number of fused-ring (bicyclic) bond motifs is 5. The highest BCUT2D eigenvalue weighted by Crippen LogP contribution is 2.77. The number of aliphatic hydroxyl groups excluding tert-OH is 1. The van der Waals surface area contributed by atoms with Crippen molar-refractivity contribution in [3.05, 3.63) is 23.3 Å². The summed E-state index contributed by atoms with van der Waals surface area (Å²) in [5, 5.41) is 33.8. The number of aliphatic hydroxyl groups is 3. The minimum Gasteiger partial charge on any atom is -0.460 e. The van der Waals surface area contributed by atoms with E-state index >= 15 is 0 Å². The van der Waals surface area contributed by atoms with E-state index in [1.165, 1.54) is 6.92 Å². The van der Waals surface area contributed by atoms with Gasteiger partial charge in [-0.3, -0.25) is 14.4 Å². The minimum absolute atomic E-state index is 0.112. The van der Waals surface area contributed by atoms with E-state index in [0.717, 1.165) is 0 Å². The lowest BCUT2D eigenvalue weighted by Gasteiger charge is -2.52. The standard InChI is InChI=1S/C23H30O8/c1-11-6-16-21(28,18(11)27)8-14(9-24)7-15-17-20(4,5)23(17,31-13(3)26)19(30-10-25)12(2)22(15,16)29/h6-7,10,12,15-17,19,24,28-29H,8-9H2,1-5H3/t12-,15+,16-,17-,19-,21-,22-,23-/m1/s1. The molecular weight excluding hydrogens is 404 g/mol. The Morgan fingerprint density at radius 1 is 1.29 bits per heavy atom. The third-order valence-corrected chi connectivity index (χ3v) is 8.47. The van der Waals surface area contributed by atoms with E-state index in [1.807, 2.05) is 13.8 Å². The fraction of sp³-hybridized carbons (Fsp3) is 0.696. The molecule has 0 radical (unpaired) electrons. The summed E-state index contributed by atoms with van der Waals surface area (Å²) in [5.74, 6) is -3.89. The molecule has 2 fully saturated rings. The van der Waals surface area contributed by atoms with Crippen molar-refractivity contribution in [3.63, 3.8) is 0 Å². The molecule has 3 N–H and O–H groups in total. The van der Waals surface area contributed by atoms with Crippen LogP contribution in [0.2, 0.25) is 0 Å². The Bertz CT molecular complexity index is 919. The van der Waals surface area contributed by atoms with Gasteiger partial charge in [-0.2, -0.15) is 0 Å². The van der Waals surface area contributed by atoms with E-state index in [0.29, 0.717) is 11.1 Å². The normalized spacial score (nSPS) is 47.1. The first-order valence-corrected chi connectivity index (χ1v) is 10.6. The first-order valence-electron chi connectivity index (χ1n) is 10.6. The topological polar surface area (TPSA) is 130 Å². The molecule has 0 aromatic carbocycles. The molecule has 0 aromatic heterocycles. The molecule has 8 heteroatoms. The molecule has 0 amide bonds. The molecule has 2 saturated carbocycles. The molecular formula is C23H30O8. The van der Waals surface area contributed by atoms with Gasteiger partial charge in [0.2, 0.25) is 0 Å². The van der Waals surface area contributed by atoms with Crippen molar-refractivity contribution in [1.82, 2.24) is 0 Å². The lowest BCUT2D eigenvalue weighted by molar-refractivity contribution is -0.224. The van der Waals surface area contributed by atoms with Crippen molar-refractivity contribution in [2.75, 3.05) is 6.61 Å². The second kappa shape index (κ2) is 6.49. The van der Waals surface area contributed by atoms with Gasteiger partial charge in [0.15, 0.2) is 11.4 Å². The summed E-state index contributed by atoms with van der Waals surface area (Å²) in [4.78, 5) is 36.4. The second-order valence-electron chi connectivity index (χ2n) is 10.2. The molecule has 0 bridgehead atoms. The van der Waals surface area contributed by atoms with Crippen LogP contribution in [0, 0.1) is 29.1 Å². The zero-order valence-corrected chi connectivity index (χ0v) is 18.4. The maximum Gasteiger partial charge on any atom is 0.303 e. The largest absolute Gasteiger partial charge is 0.460 e. The highest BCUT2D eigenvalue weighted by Gasteiger charge is 2.87. The van der Waals surface area contributed by atoms with Crippen LogP contribution < -0.4 is 0 Å². The number of hydrogen-bond donors (Lipinski definition) is 3. The molecule has 0 spiro atoms. The quantitative estimate of drug-likeness (QED) is 0.335. The lowest BCUT2D eigenvalue weighted by atomic mass is 9.59. The summed E-state index contributed by atoms with van der Waals surface area (Å²) in [6.45, 7) is 8.21. The van der Waals surface area contributed by atoms with Gasteiger partial charge in [-0.05, 0) is 18.1 Å². The Kier molecular flexibility index (Phi) is 4.65. The number of carbonyl (C=O) groups excluding carboxylic acids is 3. The SMILES string of the molecule is CC(=O)O[C@@]12[C@H](OC=O)[C@@H](C)[C@@]3(O)[C@@H](C=C(CO)C[C@]4(O)C(=O)C(C)=C[C@@H]34)[C@@H]1C2(C)C. The molecule has 0 saturated heterocycles. The van der Waals surface area contributed by atoms with Gasteiger partial charge in [0, 0.05) is 42.4 Å². The average Bonchev–Trinajstić information content (AvgIpc) is 3.10. The number of carbonyl (C=O) groups is 3. The monoisotopic (exact) mass is 434 g/mol. The fourth-order valence-corrected chi connectivity index (χ4v) is 7.15. The third-order valence-electron chi connectivity index (χ3n) is 8.47. The molecule has 170 valence electrons. The summed E-state index contributed by atoms with van der Waals surface area (Å²) in [5.41, 5.74) is -4.66. The fourth-order valence-electron chi connectivity index (χ4n) is 7.15. The van der Waals surface area contributed by atoms with Crippen LogP contribution in [-0.2, 0) is 23.9 Å².